The average molecular weight is 369 g/mol. The average Bonchev–Trinajstić information content (AvgIpc) is 2.61. The summed E-state index contributed by atoms with van der Waals surface area (Å²) < 4.78 is 5.39. The SMILES string of the molecule is Cl.Cl.NC(c1ccccc1)c1cccc(CCN2CCOCC2)c1. The zero-order chi connectivity index (χ0) is 15.2. The van der Waals surface area contributed by atoms with Crippen LogP contribution in [0.1, 0.15) is 22.7 Å². The molecule has 0 radical (unpaired) electrons. The Kier molecular flexibility index (Phi) is 9.34. The van der Waals surface area contributed by atoms with Crippen LogP contribution >= 0.6 is 24.8 Å². The molecule has 1 heterocycles. The van der Waals surface area contributed by atoms with Gasteiger partial charge in [-0.3, -0.25) is 4.90 Å². The second kappa shape index (κ2) is 10.7. The lowest BCUT2D eigenvalue weighted by atomic mass is 9.97. The van der Waals surface area contributed by atoms with Crippen LogP contribution < -0.4 is 5.73 Å². The third-order valence-electron chi connectivity index (χ3n) is 4.29. The van der Waals surface area contributed by atoms with E-state index in [9.17, 15) is 0 Å². The van der Waals surface area contributed by atoms with E-state index >= 15 is 0 Å². The van der Waals surface area contributed by atoms with Gasteiger partial charge in [0.1, 0.15) is 0 Å². The van der Waals surface area contributed by atoms with Crippen LogP contribution in [0.3, 0.4) is 0 Å². The summed E-state index contributed by atoms with van der Waals surface area (Å²) in [6.45, 7) is 4.90. The molecule has 1 atom stereocenters. The van der Waals surface area contributed by atoms with Gasteiger partial charge in [-0.05, 0) is 23.1 Å². The lowest BCUT2D eigenvalue weighted by Gasteiger charge is -2.26. The van der Waals surface area contributed by atoms with Crippen molar-refractivity contribution in [1.82, 2.24) is 4.90 Å². The van der Waals surface area contributed by atoms with Gasteiger partial charge >= 0.3 is 0 Å². The van der Waals surface area contributed by atoms with Crippen molar-refractivity contribution in [2.75, 3.05) is 32.8 Å². The summed E-state index contributed by atoms with van der Waals surface area (Å²) in [7, 11) is 0. The molecular formula is C19H26Cl2N2O. The normalized spacial score (nSPS) is 15.9. The third kappa shape index (κ3) is 5.76. The van der Waals surface area contributed by atoms with Gasteiger partial charge in [0.25, 0.3) is 0 Å². The van der Waals surface area contributed by atoms with Gasteiger partial charge in [0.05, 0.1) is 19.3 Å². The summed E-state index contributed by atoms with van der Waals surface area (Å²) >= 11 is 0. The van der Waals surface area contributed by atoms with Crippen molar-refractivity contribution < 1.29 is 4.74 Å². The zero-order valence-electron chi connectivity index (χ0n) is 13.8. The fourth-order valence-corrected chi connectivity index (χ4v) is 2.91. The molecular weight excluding hydrogens is 343 g/mol. The van der Waals surface area contributed by atoms with Gasteiger partial charge < -0.3 is 10.5 Å². The molecule has 0 amide bonds. The van der Waals surface area contributed by atoms with E-state index in [1.807, 2.05) is 18.2 Å². The molecule has 1 aliphatic heterocycles. The van der Waals surface area contributed by atoms with E-state index in [0.29, 0.717) is 0 Å². The van der Waals surface area contributed by atoms with Crippen molar-refractivity contribution in [3.05, 3.63) is 71.3 Å². The Morgan fingerprint density at radius 2 is 1.58 bits per heavy atom. The lowest BCUT2D eigenvalue weighted by Crippen LogP contribution is -2.37. The van der Waals surface area contributed by atoms with Crippen LogP contribution in [0.25, 0.3) is 0 Å². The van der Waals surface area contributed by atoms with Crippen LogP contribution in [0.2, 0.25) is 0 Å². The van der Waals surface area contributed by atoms with E-state index in [4.69, 9.17) is 10.5 Å². The minimum Gasteiger partial charge on any atom is -0.379 e. The molecule has 1 aliphatic rings. The number of rotatable bonds is 5. The van der Waals surface area contributed by atoms with Gasteiger partial charge in [-0.25, -0.2) is 0 Å². The molecule has 0 aliphatic carbocycles. The molecule has 2 aromatic carbocycles. The van der Waals surface area contributed by atoms with Crippen LogP contribution in [0.5, 0.6) is 0 Å². The monoisotopic (exact) mass is 368 g/mol. The summed E-state index contributed by atoms with van der Waals surface area (Å²) in [6, 6.07) is 18.9. The van der Waals surface area contributed by atoms with Crippen molar-refractivity contribution in [3.63, 3.8) is 0 Å². The molecule has 0 aromatic heterocycles. The summed E-state index contributed by atoms with van der Waals surface area (Å²) in [5.41, 5.74) is 10.1. The van der Waals surface area contributed by atoms with E-state index in [1.165, 1.54) is 11.1 Å². The van der Waals surface area contributed by atoms with E-state index in [0.717, 1.165) is 44.8 Å². The molecule has 0 saturated carbocycles. The van der Waals surface area contributed by atoms with Crippen LogP contribution in [0.4, 0.5) is 0 Å². The van der Waals surface area contributed by atoms with E-state index < -0.39 is 0 Å². The third-order valence-corrected chi connectivity index (χ3v) is 4.29. The largest absolute Gasteiger partial charge is 0.379 e. The van der Waals surface area contributed by atoms with E-state index in [-0.39, 0.29) is 30.9 Å². The van der Waals surface area contributed by atoms with Crippen molar-refractivity contribution in [2.24, 2.45) is 5.73 Å². The van der Waals surface area contributed by atoms with Gasteiger partial charge in [0.2, 0.25) is 0 Å². The van der Waals surface area contributed by atoms with Crippen LogP contribution in [-0.4, -0.2) is 37.7 Å². The Morgan fingerprint density at radius 3 is 2.29 bits per heavy atom. The molecule has 5 heteroatoms. The first kappa shape index (κ1) is 20.9. The van der Waals surface area contributed by atoms with Crippen LogP contribution in [0.15, 0.2) is 54.6 Å². The Labute approximate surface area is 157 Å². The highest BCUT2D eigenvalue weighted by atomic mass is 35.5. The van der Waals surface area contributed by atoms with Crippen molar-refractivity contribution in [1.29, 1.82) is 0 Å². The fraction of sp³-hybridized carbons (Fsp3) is 0.368. The number of benzene rings is 2. The minimum atomic E-state index is -0.0514. The van der Waals surface area contributed by atoms with E-state index in [1.54, 1.807) is 0 Å². The van der Waals surface area contributed by atoms with Gasteiger partial charge in [-0.1, -0.05) is 54.6 Å². The van der Waals surface area contributed by atoms with Crippen molar-refractivity contribution in [2.45, 2.75) is 12.5 Å². The lowest BCUT2D eigenvalue weighted by molar-refractivity contribution is 0.0384. The first-order valence-corrected chi connectivity index (χ1v) is 8.02. The predicted octanol–water partition coefficient (Wildman–Crippen LogP) is 3.45. The smallest absolute Gasteiger partial charge is 0.0594 e. The molecule has 1 unspecified atom stereocenters. The first-order chi connectivity index (χ1) is 10.8. The van der Waals surface area contributed by atoms with Gasteiger partial charge in [-0.2, -0.15) is 0 Å². The summed E-state index contributed by atoms with van der Waals surface area (Å²) in [5, 5.41) is 0. The fourth-order valence-electron chi connectivity index (χ4n) is 2.91. The molecule has 3 rings (SSSR count). The number of hydrogen-bond donors (Lipinski definition) is 1. The van der Waals surface area contributed by atoms with Gasteiger partial charge in [-0.15, -0.1) is 24.8 Å². The molecule has 1 fully saturated rings. The summed E-state index contributed by atoms with van der Waals surface area (Å²) in [6.07, 6.45) is 1.06. The highest BCUT2D eigenvalue weighted by Crippen LogP contribution is 2.20. The highest BCUT2D eigenvalue weighted by molar-refractivity contribution is 5.85. The molecule has 0 bridgehead atoms. The second-order valence-electron chi connectivity index (χ2n) is 5.84. The number of halogens is 2. The Bertz CT molecular complexity index is 589. The maximum atomic E-state index is 6.40. The van der Waals surface area contributed by atoms with Crippen molar-refractivity contribution >= 4 is 24.8 Å². The number of nitrogens with two attached hydrogens (primary N) is 1. The topological polar surface area (TPSA) is 38.5 Å². The molecule has 0 spiro atoms. The summed E-state index contributed by atoms with van der Waals surface area (Å²) in [5.74, 6) is 0. The van der Waals surface area contributed by atoms with Crippen LogP contribution in [0, 0.1) is 0 Å². The quantitative estimate of drug-likeness (QED) is 0.877. The standard InChI is InChI=1S/C19H24N2O.2ClH/c20-19(17-6-2-1-3-7-17)18-8-4-5-16(15-18)9-10-21-11-13-22-14-12-21;;/h1-8,15,19H,9-14,20H2;2*1H. The number of morpholine rings is 1. The maximum absolute atomic E-state index is 6.40. The molecule has 132 valence electrons. The summed E-state index contributed by atoms with van der Waals surface area (Å²) in [4.78, 5) is 2.47. The molecule has 24 heavy (non-hydrogen) atoms. The Hall–Kier alpha value is -1.10. The molecule has 3 nitrogen and oxygen atoms in total. The Balaban J connectivity index is 0.00000144. The number of nitrogens with zero attached hydrogens (tertiary/aromatic N) is 1. The Morgan fingerprint density at radius 1 is 0.917 bits per heavy atom. The van der Waals surface area contributed by atoms with Crippen LogP contribution in [-0.2, 0) is 11.2 Å². The van der Waals surface area contributed by atoms with Gasteiger partial charge in [0.15, 0.2) is 0 Å². The minimum absolute atomic E-state index is 0. The van der Waals surface area contributed by atoms with E-state index in [2.05, 4.69) is 41.3 Å². The number of hydrogen-bond acceptors (Lipinski definition) is 3. The van der Waals surface area contributed by atoms with Crippen molar-refractivity contribution in [3.8, 4) is 0 Å². The molecule has 1 saturated heterocycles. The van der Waals surface area contributed by atoms with Gasteiger partial charge in [0, 0.05) is 19.6 Å². The maximum Gasteiger partial charge on any atom is 0.0594 e. The second-order valence-corrected chi connectivity index (χ2v) is 5.84. The predicted molar refractivity (Wildman–Crippen MR) is 104 cm³/mol. The number of ether oxygens (including phenoxy) is 1. The highest BCUT2D eigenvalue weighted by Gasteiger charge is 2.11. The molecule has 2 aromatic rings. The molecule has 2 N–H and O–H groups in total. The first-order valence-electron chi connectivity index (χ1n) is 8.02. The zero-order valence-corrected chi connectivity index (χ0v) is 15.4.